The van der Waals surface area contributed by atoms with Crippen molar-refractivity contribution in [1.82, 2.24) is 4.31 Å². The number of benzene rings is 1. The molecule has 3 N–H and O–H groups in total. The van der Waals surface area contributed by atoms with Crippen molar-refractivity contribution in [1.29, 1.82) is 0 Å². The fourth-order valence-electron chi connectivity index (χ4n) is 2.98. The van der Waals surface area contributed by atoms with Crippen LogP contribution < -0.4 is 11.1 Å². The Morgan fingerprint density at radius 3 is 2.70 bits per heavy atom. The lowest BCUT2D eigenvalue weighted by Crippen LogP contribution is -2.30. The fraction of sp³-hybridized carbons (Fsp3) is 0.368. The topological polar surface area (TPSA) is 84.7 Å². The van der Waals surface area contributed by atoms with Crippen LogP contribution in [0.15, 0.2) is 34.5 Å². The number of morpholine rings is 1. The van der Waals surface area contributed by atoms with E-state index in [2.05, 4.69) is 15.7 Å². The number of hydrogen-bond donors (Lipinski definition) is 2. The van der Waals surface area contributed by atoms with E-state index in [1.807, 2.05) is 12.1 Å². The van der Waals surface area contributed by atoms with Gasteiger partial charge in [0, 0.05) is 18.7 Å². The first-order valence-corrected chi connectivity index (χ1v) is 10.5. The van der Waals surface area contributed by atoms with Gasteiger partial charge in [0.25, 0.3) is 11.8 Å². The van der Waals surface area contributed by atoms with Crippen molar-refractivity contribution in [2.24, 2.45) is 5.73 Å². The average Bonchev–Trinajstić information content (AvgIpc) is 3.45. The highest BCUT2D eigenvalue weighted by Crippen LogP contribution is 2.40. The van der Waals surface area contributed by atoms with Crippen LogP contribution in [-0.2, 0) is 4.74 Å². The first-order valence-electron chi connectivity index (χ1n) is 8.96. The second kappa shape index (κ2) is 8.02. The number of thiophene rings is 1. The molecule has 0 atom stereocenters. The van der Waals surface area contributed by atoms with Crippen LogP contribution in [0.5, 0.6) is 0 Å². The zero-order chi connectivity index (χ0) is 18.8. The molecule has 1 aromatic heterocycles. The van der Waals surface area contributed by atoms with Crippen molar-refractivity contribution in [3.63, 3.8) is 0 Å². The third-order valence-corrected chi connectivity index (χ3v) is 6.83. The highest BCUT2D eigenvalue weighted by molar-refractivity contribution is 7.99. The first-order chi connectivity index (χ1) is 13.1. The molecule has 2 amide bonds. The molecule has 27 heavy (non-hydrogen) atoms. The highest BCUT2D eigenvalue weighted by Gasteiger charge is 2.24. The normalized spacial score (nSPS) is 17.6. The Hall–Kier alpha value is -1.87. The lowest BCUT2D eigenvalue weighted by Gasteiger charge is -2.24. The van der Waals surface area contributed by atoms with Gasteiger partial charge in [-0.3, -0.25) is 9.59 Å². The standard InChI is InChI=1S/C19H21N3O3S2/c20-17(23)15-11-16(27-22-6-8-25-9-7-22)26-19(15)21-18(24)14-3-1-2-13(10-14)12-4-5-12/h1-3,10-12H,4-9H2,(H2,20,23)(H,21,24). The van der Waals surface area contributed by atoms with Crippen molar-refractivity contribution in [2.75, 3.05) is 31.6 Å². The summed E-state index contributed by atoms with van der Waals surface area (Å²) in [5, 5.41) is 3.37. The molecule has 0 spiro atoms. The van der Waals surface area contributed by atoms with Gasteiger partial charge in [-0.1, -0.05) is 12.1 Å². The molecule has 2 aromatic rings. The van der Waals surface area contributed by atoms with Crippen molar-refractivity contribution in [2.45, 2.75) is 23.0 Å². The number of nitrogens with two attached hydrogens (primary N) is 1. The third kappa shape index (κ3) is 4.52. The minimum Gasteiger partial charge on any atom is -0.379 e. The van der Waals surface area contributed by atoms with Gasteiger partial charge >= 0.3 is 0 Å². The molecule has 8 heteroatoms. The SMILES string of the molecule is NC(=O)c1cc(SN2CCOCC2)sc1NC(=O)c1cccc(C2CC2)c1. The van der Waals surface area contributed by atoms with Gasteiger partial charge in [0.2, 0.25) is 0 Å². The number of hydrogen-bond acceptors (Lipinski definition) is 6. The van der Waals surface area contributed by atoms with Crippen LogP contribution in [0.2, 0.25) is 0 Å². The molecule has 1 saturated heterocycles. The number of amides is 2. The van der Waals surface area contributed by atoms with Crippen LogP contribution in [0.3, 0.4) is 0 Å². The van der Waals surface area contributed by atoms with Crippen LogP contribution in [0.25, 0.3) is 0 Å². The summed E-state index contributed by atoms with van der Waals surface area (Å²) in [5.41, 5.74) is 7.67. The highest BCUT2D eigenvalue weighted by atomic mass is 32.2. The molecular formula is C19H21N3O3S2. The first kappa shape index (κ1) is 18.5. The fourth-order valence-corrected chi connectivity index (χ4v) is 5.24. The monoisotopic (exact) mass is 403 g/mol. The van der Waals surface area contributed by atoms with Crippen LogP contribution in [-0.4, -0.2) is 42.4 Å². The minimum atomic E-state index is -0.540. The Balaban J connectivity index is 1.50. The zero-order valence-electron chi connectivity index (χ0n) is 14.8. The molecule has 1 aromatic carbocycles. The van der Waals surface area contributed by atoms with Gasteiger partial charge < -0.3 is 15.8 Å². The molecule has 4 rings (SSSR count). The molecule has 6 nitrogen and oxygen atoms in total. The largest absolute Gasteiger partial charge is 0.379 e. The number of carbonyl (C=O) groups excluding carboxylic acids is 2. The Morgan fingerprint density at radius 2 is 2.00 bits per heavy atom. The number of anilines is 1. The summed E-state index contributed by atoms with van der Waals surface area (Å²) in [6, 6.07) is 9.46. The Bertz CT molecular complexity index is 858. The number of nitrogens with zero attached hydrogens (tertiary/aromatic N) is 1. The molecule has 0 bridgehead atoms. The summed E-state index contributed by atoms with van der Waals surface area (Å²) < 4.78 is 8.46. The summed E-state index contributed by atoms with van der Waals surface area (Å²) in [5.74, 6) is -0.177. The van der Waals surface area contributed by atoms with E-state index in [1.165, 1.54) is 29.7 Å². The number of ether oxygens (including phenoxy) is 1. The maximum absolute atomic E-state index is 12.7. The van der Waals surface area contributed by atoms with Gasteiger partial charge in [0.1, 0.15) is 5.00 Å². The van der Waals surface area contributed by atoms with Crippen molar-refractivity contribution in [3.8, 4) is 0 Å². The van der Waals surface area contributed by atoms with E-state index in [4.69, 9.17) is 10.5 Å². The molecule has 2 heterocycles. The van der Waals surface area contributed by atoms with Gasteiger partial charge in [-0.15, -0.1) is 11.3 Å². The zero-order valence-corrected chi connectivity index (χ0v) is 16.4. The predicted octanol–water partition coefficient (Wildman–Crippen LogP) is 3.32. The lowest BCUT2D eigenvalue weighted by atomic mass is 10.1. The van der Waals surface area contributed by atoms with Crippen LogP contribution >= 0.6 is 23.3 Å². The van der Waals surface area contributed by atoms with Crippen LogP contribution in [0.1, 0.15) is 45.0 Å². The lowest BCUT2D eigenvalue weighted by molar-refractivity contribution is 0.0773. The smallest absolute Gasteiger partial charge is 0.256 e. The van der Waals surface area contributed by atoms with Crippen LogP contribution in [0.4, 0.5) is 5.00 Å². The summed E-state index contributed by atoms with van der Waals surface area (Å²) >= 11 is 2.94. The summed E-state index contributed by atoms with van der Waals surface area (Å²) in [6.07, 6.45) is 2.37. The third-order valence-electron chi connectivity index (χ3n) is 4.59. The summed E-state index contributed by atoms with van der Waals surface area (Å²) in [6.45, 7) is 3.04. The van der Waals surface area contributed by atoms with E-state index in [0.717, 1.165) is 17.3 Å². The maximum Gasteiger partial charge on any atom is 0.256 e. The Morgan fingerprint density at radius 1 is 1.22 bits per heavy atom. The van der Waals surface area contributed by atoms with E-state index in [-0.39, 0.29) is 5.91 Å². The van der Waals surface area contributed by atoms with Gasteiger partial charge in [0.15, 0.2) is 0 Å². The molecule has 0 radical (unpaired) electrons. The van der Waals surface area contributed by atoms with E-state index in [9.17, 15) is 9.59 Å². The van der Waals surface area contributed by atoms with Crippen molar-refractivity contribution >= 4 is 40.1 Å². The predicted molar refractivity (Wildman–Crippen MR) is 107 cm³/mol. The Kier molecular flexibility index (Phi) is 5.49. The second-order valence-electron chi connectivity index (χ2n) is 6.66. The average molecular weight is 404 g/mol. The van der Waals surface area contributed by atoms with Crippen LogP contribution in [0, 0.1) is 0 Å². The van der Waals surface area contributed by atoms with Gasteiger partial charge in [-0.2, -0.15) is 0 Å². The van der Waals surface area contributed by atoms with Gasteiger partial charge in [-0.25, -0.2) is 4.31 Å². The molecule has 142 valence electrons. The minimum absolute atomic E-state index is 0.218. The second-order valence-corrected chi connectivity index (χ2v) is 9.11. The molecule has 1 aliphatic heterocycles. The maximum atomic E-state index is 12.7. The Labute approximate surface area is 166 Å². The number of rotatable bonds is 6. The van der Waals surface area contributed by atoms with E-state index >= 15 is 0 Å². The van der Waals surface area contributed by atoms with Crippen molar-refractivity contribution in [3.05, 3.63) is 47.0 Å². The molecule has 1 saturated carbocycles. The van der Waals surface area contributed by atoms with Crippen molar-refractivity contribution < 1.29 is 14.3 Å². The van der Waals surface area contributed by atoms with E-state index in [1.54, 1.807) is 24.1 Å². The molecular weight excluding hydrogens is 382 g/mol. The number of primary amides is 1. The van der Waals surface area contributed by atoms with E-state index in [0.29, 0.717) is 35.3 Å². The van der Waals surface area contributed by atoms with Gasteiger partial charge in [0.05, 0.1) is 23.0 Å². The molecule has 1 aliphatic carbocycles. The van der Waals surface area contributed by atoms with E-state index < -0.39 is 5.91 Å². The number of carbonyl (C=O) groups is 2. The quantitative estimate of drug-likeness (QED) is 0.723. The summed E-state index contributed by atoms with van der Waals surface area (Å²) in [4.78, 5) is 24.5. The summed E-state index contributed by atoms with van der Waals surface area (Å²) in [7, 11) is 0. The molecule has 2 aliphatic rings. The van der Waals surface area contributed by atoms with Gasteiger partial charge in [-0.05, 0) is 54.5 Å². The molecule has 0 unspecified atom stereocenters. The molecule has 2 fully saturated rings. The number of nitrogens with one attached hydrogen (secondary N) is 1.